The Hall–Kier alpha value is -0.650. The van der Waals surface area contributed by atoms with Crippen LogP contribution in [0.2, 0.25) is 0 Å². The van der Waals surface area contributed by atoms with Crippen LogP contribution in [0.3, 0.4) is 0 Å². The van der Waals surface area contributed by atoms with Gasteiger partial charge in [0.05, 0.1) is 12.7 Å². The number of hydrogen-bond acceptors (Lipinski definition) is 4. The third kappa shape index (κ3) is 2.64. The molecule has 0 radical (unpaired) electrons. The lowest BCUT2D eigenvalue weighted by Crippen LogP contribution is -2.57. The fourth-order valence-corrected chi connectivity index (χ4v) is 3.72. The summed E-state index contributed by atoms with van der Waals surface area (Å²) in [6.45, 7) is 3.64. The molecule has 3 aliphatic rings. The van der Waals surface area contributed by atoms with Crippen molar-refractivity contribution in [2.75, 3.05) is 39.8 Å². The number of fused-ring (bicyclic) bond motifs is 2. The van der Waals surface area contributed by atoms with E-state index >= 15 is 0 Å². The molecular formula is C14H24N2O3. The Morgan fingerprint density at radius 2 is 1.89 bits per heavy atom. The highest BCUT2D eigenvalue weighted by Gasteiger charge is 2.41. The second-order valence-electron chi connectivity index (χ2n) is 6.31. The summed E-state index contributed by atoms with van der Waals surface area (Å²) < 4.78 is 5.62. The average molecular weight is 268 g/mol. The number of likely N-dealkylation sites (N-methyl/N-ethyl adjacent to an activating group) is 1. The van der Waals surface area contributed by atoms with Crippen LogP contribution in [-0.2, 0) is 9.53 Å². The molecule has 19 heavy (non-hydrogen) atoms. The molecule has 5 heteroatoms. The highest BCUT2D eigenvalue weighted by molar-refractivity contribution is 5.81. The molecule has 0 aromatic heterocycles. The van der Waals surface area contributed by atoms with Gasteiger partial charge in [0.2, 0.25) is 0 Å². The minimum atomic E-state index is -0.310. The molecule has 1 N–H and O–H groups in total. The molecule has 0 aromatic carbocycles. The quantitative estimate of drug-likeness (QED) is 0.724. The number of nitrogens with zero attached hydrogens (tertiary/aromatic N) is 2. The number of piperidine rings is 1. The van der Waals surface area contributed by atoms with E-state index in [0.717, 1.165) is 19.4 Å². The van der Waals surface area contributed by atoms with Gasteiger partial charge in [-0.25, -0.2) is 0 Å². The van der Waals surface area contributed by atoms with Crippen LogP contribution in [0.15, 0.2) is 0 Å². The molecule has 2 heterocycles. The van der Waals surface area contributed by atoms with Gasteiger partial charge in [0.15, 0.2) is 0 Å². The zero-order valence-corrected chi connectivity index (χ0v) is 11.6. The van der Waals surface area contributed by atoms with Crippen molar-refractivity contribution in [3.63, 3.8) is 0 Å². The van der Waals surface area contributed by atoms with E-state index in [1.54, 1.807) is 0 Å². The number of rotatable bonds is 1. The summed E-state index contributed by atoms with van der Waals surface area (Å²) >= 11 is 0. The summed E-state index contributed by atoms with van der Waals surface area (Å²) in [7, 11) is 2.03. The van der Waals surface area contributed by atoms with Gasteiger partial charge < -0.3 is 19.6 Å². The predicted molar refractivity (Wildman–Crippen MR) is 70.7 cm³/mol. The first-order valence-corrected chi connectivity index (χ1v) is 7.42. The SMILES string of the molecule is CN1CCOC(C(=O)N2CC3CCCC(C2)C3O)C1. The smallest absolute Gasteiger partial charge is 0.253 e. The van der Waals surface area contributed by atoms with E-state index in [9.17, 15) is 9.90 Å². The van der Waals surface area contributed by atoms with E-state index in [2.05, 4.69) is 4.90 Å². The lowest BCUT2D eigenvalue weighted by molar-refractivity contribution is -0.156. The van der Waals surface area contributed by atoms with E-state index < -0.39 is 0 Å². The molecule has 1 aliphatic carbocycles. The number of amides is 1. The minimum absolute atomic E-state index is 0.121. The van der Waals surface area contributed by atoms with Crippen LogP contribution in [0.25, 0.3) is 0 Å². The summed E-state index contributed by atoms with van der Waals surface area (Å²) in [4.78, 5) is 16.6. The first-order chi connectivity index (χ1) is 9.15. The first-order valence-electron chi connectivity index (χ1n) is 7.42. The van der Waals surface area contributed by atoms with Gasteiger partial charge in [-0.1, -0.05) is 6.42 Å². The Labute approximate surface area is 114 Å². The van der Waals surface area contributed by atoms with Gasteiger partial charge in [-0.15, -0.1) is 0 Å². The fourth-order valence-electron chi connectivity index (χ4n) is 3.72. The molecule has 3 atom stereocenters. The van der Waals surface area contributed by atoms with Gasteiger partial charge >= 0.3 is 0 Å². The van der Waals surface area contributed by atoms with Gasteiger partial charge in [0, 0.05) is 38.0 Å². The maximum atomic E-state index is 12.5. The lowest BCUT2D eigenvalue weighted by atomic mass is 9.75. The Balaban J connectivity index is 1.64. The molecular weight excluding hydrogens is 244 g/mol. The van der Waals surface area contributed by atoms with Gasteiger partial charge in [0.1, 0.15) is 6.10 Å². The van der Waals surface area contributed by atoms with E-state index in [0.29, 0.717) is 26.2 Å². The molecule has 3 rings (SSSR count). The van der Waals surface area contributed by atoms with Crippen LogP contribution in [0.4, 0.5) is 0 Å². The number of morpholine rings is 1. The van der Waals surface area contributed by atoms with Crippen LogP contribution in [-0.4, -0.2) is 72.9 Å². The van der Waals surface area contributed by atoms with Gasteiger partial charge in [-0.2, -0.15) is 0 Å². The number of ether oxygens (including phenoxy) is 1. The molecule has 108 valence electrons. The first kappa shape index (κ1) is 13.3. The van der Waals surface area contributed by atoms with Crippen LogP contribution in [0.1, 0.15) is 19.3 Å². The summed E-state index contributed by atoms with van der Waals surface area (Å²) in [5.74, 6) is 0.672. The van der Waals surface area contributed by atoms with Crippen molar-refractivity contribution in [2.45, 2.75) is 31.5 Å². The van der Waals surface area contributed by atoms with E-state index in [4.69, 9.17) is 4.74 Å². The molecule has 2 bridgehead atoms. The summed E-state index contributed by atoms with van der Waals surface area (Å²) in [5, 5.41) is 10.2. The maximum Gasteiger partial charge on any atom is 0.253 e. The van der Waals surface area contributed by atoms with Crippen molar-refractivity contribution >= 4 is 5.91 Å². The monoisotopic (exact) mass is 268 g/mol. The number of aliphatic hydroxyl groups excluding tert-OH is 1. The molecule has 5 nitrogen and oxygen atoms in total. The number of hydrogen-bond donors (Lipinski definition) is 1. The van der Waals surface area contributed by atoms with Gasteiger partial charge in [-0.3, -0.25) is 4.79 Å². The van der Waals surface area contributed by atoms with Crippen LogP contribution in [0, 0.1) is 11.8 Å². The third-order valence-electron chi connectivity index (χ3n) is 4.88. The van der Waals surface area contributed by atoms with Crippen LogP contribution < -0.4 is 0 Å². The molecule has 1 amide bonds. The molecule has 3 unspecified atom stereocenters. The highest BCUT2D eigenvalue weighted by Crippen LogP contribution is 2.35. The molecule has 2 aliphatic heterocycles. The average Bonchev–Trinajstić information content (AvgIpc) is 2.37. The molecule has 3 fully saturated rings. The Morgan fingerprint density at radius 1 is 1.21 bits per heavy atom. The lowest BCUT2D eigenvalue weighted by Gasteiger charge is -2.46. The normalized spacial score (nSPS) is 40.2. The Morgan fingerprint density at radius 3 is 2.53 bits per heavy atom. The number of likely N-dealkylation sites (tertiary alicyclic amines) is 1. The molecule has 2 saturated heterocycles. The summed E-state index contributed by atoms with van der Waals surface area (Å²) in [6, 6.07) is 0. The second-order valence-corrected chi connectivity index (χ2v) is 6.31. The zero-order valence-electron chi connectivity index (χ0n) is 11.6. The number of carbonyl (C=O) groups is 1. The minimum Gasteiger partial charge on any atom is -0.392 e. The predicted octanol–water partition coefficient (Wildman–Crippen LogP) is -0.0636. The van der Waals surface area contributed by atoms with E-state index in [1.165, 1.54) is 6.42 Å². The van der Waals surface area contributed by atoms with E-state index in [1.807, 2.05) is 11.9 Å². The molecule has 1 saturated carbocycles. The molecule has 0 spiro atoms. The Kier molecular flexibility index (Phi) is 3.78. The molecule has 0 aromatic rings. The maximum absolute atomic E-state index is 12.5. The van der Waals surface area contributed by atoms with Crippen molar-refractivity contribution in [3.8, 4) is 0 Å². The van der Waals surface area contributed by atoms with Crippen molar-refractivity contribution in [2.24, 2.45) is 11.8 Å². The third-order valence-corrected chi connectivity index (χ3v) is 4.88. The highest BCUT2D eigenvalue weighted by atomic mass is 16.5. The van der Waals surface area contributed by atoms with Gasteiger partial charge in [0.25, 0.3) is 5.91 Å². The van der Waals surface area contributed by atoms with E-state index in [-0.39, 0.29) is 30.0 Å². The van der Waals surface area contributed by atoms with Crippen LogP contribution in [0.5, 0.6) is 0 Å². The topological polar surface area (TPSA) is 53.0 Å². The summed E-state index contributed by atoms with van der Waals surface area (Å²) in [5.41, 5.74) is 0. The van der Waals surface area contributed by atoms with Crippen molar-refractivity contribution in [1.82, 2.24) is 9.80 Å². The number of aliphatic hydroxyl groups is 1. The van der Waals surface area contributed by atoms with Crippen molar-refractivity contribution in [3.05, 3.63) is 0 Å². The summed E-state index contributed by atoms with van der Waals surface area (Å²) in [6.07, 6.45) is 2.78. The van der Waals surface area contributed by atoms with Crippen molar-refractivity contribution < 1.29 is 14.6 Å². The zero-order chi connectivity index (χ0) is 13.4. The number of carbonyl (C=O) groups excluding carboxylic acids is 1. The van der Waals surface area contributed by atoms with Crippen molar-refractivity contribution in [1.29, 1.82) is 0 Å². The second kappa shape index (κ2) is 5.38. The van der Waals surface area contributed by atoms with Crippen LogP contribution >= 0.6 is 0 Å². The van der Waals surface area contributed by atoms with Gasteiger partial charge in [-0.05, 0) is 19.9 Å². The standard InChI is InChI=1S/C14H24N2O3/c1-15-5-6-19-12(9-15)14(18)16-7-10-3-2-4-11(8-16)13(10)17/h10-13,17H,2-9H2,1H3. The Bertz CT molecular complexity index is 336. The fraction of sp³-hybridized carbons (Fsp3) is 0.929. The largest absolute Gasteiger partial charge is 0.392 e.